The molecule has 5 aliphatic rings. The van der Waals surface area contributed by atoms with Crippen LogP contribution in [0.1, 0.15) is 64.2 Å². The number of carbonyl (C=O) groups is 2. The second-order valence-corrected chi connectivity index (χ2v) is 10.1. The summed E-state index contributed by atoms with van der Waals surface area (Å²) in [5, 5.41) is 6.17. The topological polar surface area (TPSA) is 61.4 Å². The van der Waals surface area contributed by atoms with Crippen molar-refractivity contribution in [1.29, 1.82) is 0 Å². The molecule has 1 aliphatic heterocycles. The van der Waals surface area contributed by atoms with Crippen LogP contribution >= 0.6 is 0 Å². The Bertz CT molecular complexity index is 518. The summed E-state index contributed by atoms with van der Waals surface area (Å²) in [4.78, 5) is 27.0. The first kappa shape index (κ1) is 19.2. The number of nitrogens with zero attached hydrogens (tertiary/aromatic N) is 1. The third-order valence-electron chi connectivity index (χ3n) is 7.91. The average Bonchev–Trinajstić information content (AvgIpc) is 2.63. The maximum atomic E-state index is 12.6. The largest absolute Gasteiger partial charge is 0.347 e. The van der Waals surface area contributed by atoms with Crippen molar-refractivity contribution in [3.05, 3.63) is 0 Å². The minimum absolute atomic E-state index is 0.0981. The molecule has 27 heavy (non-hydrogen) atoms. The second kappa shape index (κ2) is 8.10. The van der Waals surface area contributed by atoms with Gasteiger partial charge in [-0.15, -0.1) is 0 Å². The predicted octanol–water partition coefficient (Wildman–Crippen LogP) is 2.56. The first-order valence-electron chi connectivity index (χ1n) is 11.2. The fourth-order valence-corrected chi connectivity index (χ4v) is 7.02. The standard InChI is InChI=1S/C22H37N3O2/c1-23-5-2-16-3-6-25(7-4-16)21(27)15-24-20(26)14-22-11-17-8-18(12-22)10-19(9-17)13-22/h16-19,23H,2-15H2,1H3,(H,24,26). The summed E-state index contributed by atoms with van der Waals surface area (Å²) in [6.07, 6.45) is 12.0. The van der Waals surface area contributed by atoms with E-state index in [0.29, 0.717) is 6.42 Å². The number of piperidine rings is 1. The van der Waals surface area contributed by atoms with Crippen molar-refractivity contribution in [2.45, 2.75) is 64.2 Å². The molecule has 5 nitrogen and oxygen atoms in total. The molecule has 4 aliphatic carbocycles. The van der Waals surface area contributed by atoms with Crippen molar-refractivity contribution in [1.82, 2.24) is 15.5 Å². The summed E-state index contributed by atoms with van der Waals surface area (Å²) in [5.74, 6) is 3.54. The minimum Gasteiger partial charge on any atom is -0.347 e. The molecule has 5 heteroatoms. The zero-order chi connectivity index (χ0) is 18.9. The SMILES string of the molecule is CNCCC1CCN(C(=O)CNC(=O)CC23CC4CC(CC(C4)C2)C3)CC1. The lowest BCUT2D eigenvalue weighted by Crippen LogP contribution is -2.49. The van der Waals surface area contributed by atoms with E-state index in [9.17, 15) is 9.59 Å². The highest BCUT2D eigenvalue weighted by Crippen LogP contribution is 2.61. The molecular weight excluding hydrogens is 338 g/mol. The van der Waals surface area contributed by atoms with Crippen molar-refractivity contribution >= 4 is 11.8 Å². The number of amides is 2. The van der Waals surface area contributed by atoms with E-state index in [1.54, 1.807) is 0 Å². The maximum absolute atomic E-state index is 12.6. The van der Waals surface area contributed by atoms with Crippen LogP contribution in [0.4, 0.5) is 0 Å². The molecular formula is C22H37N3O2. The molecule has 152 valence electrons. The van der Waals surface area contributed by atoms with Gasteiger partial charge in [-0.25, -0.2) is 0 Å². The summed E-state index contributed by atoms with van der Waals surface area (Å²) < 4.78 is 0. The van der Waals surface area contributed by atoms with Crippen LogP contribution in [0.3, 0.4) is 0 Å². The normalized spacial score (nSPS) is 35.4. The van der Waals surface area contributed by atoms with Crippen LogP contribution in [0.25, 0.3) is 0 Å². The van der Waals surface area contributed by atoms with Crippen molar-refractivity contribution < 1.29 is 9.59 Å². The van der Waals surface area contributed by atoms with Gasteiger partial charge in [0.25, 0.3) is 0 Å². The summed E-state index contributed by atoms with van der Waals surface area (Å²) in [7, 11) is 1.99. The fourth-order valence-electron chi connectivity index (χ4n) is 7.02. The third-order valence-corrected chi connectivity index (χ3v) is 7.91. The van der Waals surface area contributed by atoms with E-state index in [4.69, 9.17) is 0 Å². The smallest absolute Gasteiger partial charge is 0.241 e. The summed E-state index contributed by atoms with van der Waals surface area (Å²) in [6.45, 7) is 2.93. The van der Waals surface area contributed by atoms with E-state index in [1.165, 1.54) is 44.9 Å². The molecule has 4 bridgehead atoms. The number of hydrogen-bond acceptors (Lipinski definition) is 3. The Labute approximate surface area is 164 Å². The highest BCUT2D eigenvalue weighted by atomic mass is 16.2. The quantitative estimate of drug-likeness (QED) is 0.719. The molecule has 0 aromatic heterocycles. The van der Waals surface area contributed by atoms with Gasteiger partial charge in [-0.05, 0) is 100 Å². The second-order valence-electron chi connectivity index (χ2n) is 10.1. The minimum atomic E-state index is 0.0981. The Morgan fingerprint density at radius 1 is 1.00 bits per heavy atom. The van der Waals surface area contributed by atoms with Crippen molar-refractivity contribution in [2.75, 3.05) is 33.2 Å². The molecule has 0 unspecified atom stereocenters. The third kappa shape index (κ3) is 4.49. The fraction of sp³-hybridized carbons (Fsp3) is 0.909. The molecule has 5 fully saturated rings. The van der Waals surface area contributed by atoms with Crippen molar-refractivity contribution in [3.8, 4) is 0 Å². The van der Waals surface area contributed by atoms with E-state index >= 15 is 0 Å². The molecule has 0 atom stereocenters. The Balaban J connectivity index is 1.19. The van der Waals surface area contributed by atoms with Gasteiger partial charge in [0.05, 0.1) is 6.54 Å². The van der Waals surface area contributed by atoms with Crippen LogP contribution in [0, 0.1) is 29.1 Å². The van der Waals surface area contributed by atoms with E-state index < -0.39 is 0 Å². The van der Waals surface area contributed by atoms with Crippen molar-refractivity contribution in [3.63, 3.8) is 0 Å². The molecule has 2 amide bonds. The average molecular weight is 376 g/mol. The first-order valence-corrected chi connectivity index (χ1v) is 11.2. The number of likely N-dealkylation sites (tertiary alicyclic amines) is 1. The molecule has 0 aromatic rings. The zero-order valence-corrected chi connectivity index (χ0v) is 17.0. The van der Waals surface area contributed by atoms with Gasteiger partial charge < -0.3 is 15.5 Å². The number of hydrogen-bond donors (Lipinski definition) is 2. The molecule has 4 saturated carbocycles. The van der Waals surface area contributed by atoms with Gasteiger partial charge in [-0.2, -0.15) is 0 Å². The van der Waals surface area contributed by atoms with Crippen LogP contribution in [0.5, 0.6) is 0 Å². The Morgan fingerprint density at radius 3 is 2.15 bits per heavy atom. The first-order chi connectivity index (χ1) is 13.0. The van der Waals surface area contributed by atoms with Gasteiger partial charge in [0.15, 0.2) is 0 Å². The Kier molecular flexibility index (Phi) is 5.77. The number of carbonyl (C=O) groups excluding carboxylic acids is 2. The summed E-state index contributed by atoms with van der Waals surface area (Å²) in [6, 6.07) is 0. The molecule has 1 saturated heterocycles. The lowest BCUT2D eigenvalue weighted by molar-refractivity contribution is -0.136. The van der Waals surface area contributed by atoms with Crippen molar-refractivity contribution in [2.24, 2.45) is 29.1 Å². The molecule has 0 spiro atoms. The molecule has 0 aromatic carbocycles. The Morgan fingerprint density at radius 2 is 1.59 bits per heavy atom. The van der Waals surface area contributed by atoms with Gasteiger partial charge in [0.1, 0.15) is 0 Å². The van der Waals surface area contributed by atoms with Gasteiger partial charge >= 0.3 is 0 Å². The lowest BCUT2D eigenvalue weighted by atomic mass is 9.49. The molecule has 0 radical (unpaired) electrons. The van der Waals surface area contributed by atoms with Crippen LogP contribution in [0.2, 0.25) is 0 Å². The maximum Gasteiger partial charge on any atom is 0.241 e. The van der Waals surface area contributed by atoms with Gasteiger partial charge in [-0.3, -0.25) is 9.59 Å². The molecule has 1 heterocycles. The van der Waals surface area contributed by atoms with Gasteiger partial charge in [-0.1, -0.05) is 0 Å². The Hall–Kier alpha value is -1.10. The zero-order valence-electron chi connectivity index (χ0n) is 17.0. The van der Waals surface area contributed by atoms with E-state index in [1.807, 2.05) is 11.9 Å². The van der Waals surface area contributed by atoms with E-state index in [2.05, 4.69) is 10.6 Å². The lowest BCUT2D eigenvalue weighted by Gasteiger charge is -2.56. The number of nitrogens with one attached hydrogen (secondary N) is 2. The van der Waals surface area contributed by atoms with E-state index in [-0.39, 0.29) is 23.8 Å². The van der Waals surface area contributed by atoms with Crippen LogP contribution in [0.15, 0.2) is 0 Å². The molecule has 5 rings (SSSR count). The van der Waals surface area contributed by atoms with Crippen LogP contribution in [-0.2, 0) is 9.59 Å². The van der Waals surface area contributed by atoms with Crippen LogP contribution in [-0.4, -0.2) is 49.9 Å². The van der Waals surface area contributed by atoms with E-state index in [0.717, 1.165) is 56.1 Å². The van der Waals surface area contributed by atoms with Gasteiger partial charge in [0.2, 0.25) is 11.8 Å². The van der Waals surface area contributed by atoms with Crippen LogP contribution < -0.4 is 10.6 Å². The molecule has 2 N–H and O–H groups in total. The highest BCUT2D eigenvalue weighted by Gasteiger charge is 2.51. The summed E-state index contributed by atoms with van der Waals surface area (Å²) in [5.41, 5.74) is 0.257. The van der Waals surface area contributed by atoms with Gasteiger partial charge in [0, 0.05) is 19.5 Å². The summed E-state index contributed by atoms with van der Waals surface area (Å²) >= 11 is 0. The predicted molar refractivity (Wildman–Crippen MR) is 106 cm³/mol. The number of rotatable bonds is 7. The highest BCUT2D eigenvalue weighted by molar-refractivity contribution is 5.85. The monoisotopic (exact) mass is 375 g/mol.